The van der Waals surface area contributed by atoms with Gasteiger partial charge in [-0.05, 0) is 13.3 Å². The Morgan fingerprint density at radius 3 is 1.36 bits per heavy atom. The second-order valence-corrected chi connectivity index (χ2v) is 8.75. The second-order valence-electron chi connectivity index (χ2n) is 7.16. The van der Waals surface area contributed by atoms with Crippen LogP contribution in [0.2, 0.25) is 0 Å². The van der Waals surface area contributed by atoms with Gasteiger partial charge >= 0.3 is 29.6 Å². The van der Waals surface area contributed by atoms with Crippen LogP contribution in [-0.4, -0.2) is 29.4 Å². The van der Waals surface area contributed by atoms with Crippen molar-refractivity contribution in [3.8, 4) is 0 Å². The first-order valence-electron chi connectivity index (χ1n) is 10.0. The fourth-order valence-corrected chi connectivity index (χ4v) is 4.10. The van der Waals surface area contributed by atoms with E-state index in [1.807, 2.05) is 0 Å². The average molecular weight is 387 g/mol. The topological polar surface area (TPSA) is 77.4 Å². The minimum absolute atomic E-state index is 0. The van der Waals surface area contributed by atoms with Gasteiger partial charge in [0.25, 0.3) is 0 Å². The number of rotatable bonds is 17. The van der Waals surface area contributed by atoms with E-state index in [0.717, 1.165) is 12.8 Å². The summed E-state index contributed by atoms with van der Waals surface area (Å²) in [5.74, 6) is 0. The van der Waals surface area contributed by atoms with E-state index in [9.17, 15) is 18.1 Å². The first-order valence-corrected chi connectivity index (χ1v) is 11.5. The van der Waals surface area contributed by atoms with Crippen LogP contribution in [0.1, 0.15) is 110 Å². The maximum Gasteiger partial charge on any atom is 1.00 e. The van der Waals surface area contributed by atoms with Crippen molar-refractivity contribution >= 4 is 10.1 Å². The Bertz CT molecular complexity index is 372. The van der Waals surface area contributed by atoms with Gasteiger partial charge in [0.15, 0.2) is 0 Å². The Hall–Kier alpha value is 0.870. The van der Waals surface area contributed by atoms with E-state index in [0.29, 0.717) is 6.42 Å². The van der Waals surface area contributed by atoms with Crippen LogP contribution < -0.4 is 29.6 Å². The van der Waals surface area contributed by atoms with Gasteiger partial charge < -0.3 is 9.66 Å². The smallest absolute Gasteiger partial charge is 0.748 e. The minimum atomic E-state index is -4.38. The van der Waals surface area contributed by atoms with E-state index >= 15 is 0 Å². The molecule has 25 heavy (non-hydrogen) atoms. The van der Waals surface area contributed by atoms with Gasteiger partial charge in [0.1, 0.15) is 10.1 Å². The minimum Gasteiger partial charge on any atom is -0.748 e. The third-order valence-electron chi connectivity index (χ3n) is 4.75. The fraction of sp³-hybridized carbons (Fsp3) is 1.00. The Morgan fingerprint density at radius 1 is 0.760 bits per heavy atom. The molecule has 0 aliphatic heterocycles. The molecule has 4 nitrogen and oxygen atoms in total. The van der Waals surface area contributed by atoms with Crippen molar-refractivity contribution in [3.63, 3.8) is 0 Å². The van der Waals surface area contributed by atoms with Crippen LogP contribution >= 0.6 is 0 Å². The van der Waals surface area contributed by atoms with Crippen LogP contribution in [0.4, 0.5) is 0 Å². The van der Waals surface area contributed by atoms with Crippen molar-refractivity contribution in [3.05, 3.63) is 0 Å². The number of aliphatic hydroxyl groups excluding tert-OH is 1. The molecule has 0 aromatic carbocycles. The van der Waals surface area contributed by atoms with Gasteiger partial charge in [-0.3, -0.25) is 0 Å². The third-order valence-corrected chi connectivity index (χ3v) is 6.12. The van der Waals surface area contributed by atoms with Gasteiger partial charge in [-0.15, -0.1) is 0 Å². The maximum absolute atomic E-state index is 11.0. The Kier molecular flexibility index (Phi) is 20.5. The number of hydrogen-bond donors (Lipinski definition) is 1. The van der Waals surface area contributed by atoms with Crippen molar-refractivity contribution in [2.75, 3.05) is 0 Å². The first-order chi connectivity index (χ1) is 11.4. The van der Waals surface area contributed by atoms with E-state index in [-0.39, 0.29) is 36.0 Å². The molecule has 0 amide bonds. The van der Waals surface area contributed by atoms with Crippen molar-refractivity contribution in [1.29, 1.82) is 0 Å². The molecule has 0 radical (unpaired) electrons. The maximum atomic E-state index is 11.0. The molecule has 0 aromatic heterocycles. The van der Waals surface area contributed by atoms with E-state index in [1.165, 1.54) is 77.6 Å². The van der Waals surface area contributed by atoms with E-state index in [2.05, 4.69) is 6.92 Å². The second kappa shape index (κ2) is 18.2. The van der Waals surface area contributed by atoms with Crippen LogP contribution in [0.15, 0.2) is 0 Å². The Morgan fingerprint density at radius 2 is 1.08 bits per heavy atom. The van der Waals surface area contributed by atoms with Crippen LogP contribution in [-0.2, 0) is 10.1 Å². The summed E-state index contributed by atoms with van der Waals surface area (Å²) in [5, 5.41) is 8.23. The summed E-state index contributed by atoms with van der Waals surface area (Å²) in [6, 6.07) is 0. The Balaban J connectivity index is 0. The zero-order valence-corrected chi connectivity index (χ0v) is 19.7. The molecular formula is C19H39NaO4S. The molecule has 0 fully saturated rings. The normalized spacial score (nSPS) is 14.1. The summed E-state index contributed by atoms with van der Waals surface area (Å²) in [6.07, 6.45) is 16.5. The molecule has 0 saturated carbocycles. The number of aliphatic hydroxyl groups is 1. The Labute approximate surface area is 178 Å². The van der Waals surface area contributed by atoms with E-state index in [1.54, 1.807) is 0 Å². The van der Waals surface area contributed by atoms with Gasteiger partial charge in [0.2, 0.25) is 0 Å². The van der Waals surface area contributed by atoms with Gasteiger partial charge in [0, 0.05) is 0 Å². The standard InChI is InChI=1S/C19H40O4S.Na/c1-3-4-5-6-7-8-9-10-11-12-13-14-15-16-17-19(18(2)20)24(21,22)23;/h18-20H,3-17H2,1-2H3,(H,21,22,23);/q;+1/p-1. The monoisotopic (exact) mass is 386 g/mol. The molecule has 2 atom stereocenters. The summed E-state index contributed by atoms with van der Waals surface area (Å²) in [6.45, 7) is 3.63. The molecule has 0 spiro atoms. The molecule has 0 aliphatic rings. The summed E-state index contributed by atoms with van der Waals surface area (Å²) >= 11 is 0. The predicted molar refractivity (Wildman–Crippen MR) is 100 cm³/mol. The van der Waals surface area contributed by atoms with Crippen molar-refractivity contribution in [2.24, 2.45) is 0 Å². The van der Waals surface area contributed by atoms with Crippen LogP contribution in [0.3, 0.4) is 0 Å². The van der Waals surface area contributed by atoms with E-state index in [4.69, 9.17) is 0 Å². The van der Waals surface area contributed by atoms with Crippen molar-refractivity contribution < 1.29 is 47.6 Å². The molecule has 6 heteroatoms. The largest absolute Gasteiger partial charge is 1.00 e. The van der Waals surface area contributed by atoms with Crippen LogP contribution in [0.25, 0.3) is 0 Å². The third kappa shape index (κ3) is 18.0. The summed E-state index contributed by atoms with van der Waals surface area (Å²) in [7, 11) is -4.38. The number of unbranched alkanes of at least 4 members (excludes halogenated alkanes) is 13. The molecule has 1 N–H and O–H groups in total. The van der Waals surface area contributed by atoms with Crippen LogP contribution in [0, 0.1) is 0 Å². The van der Waals surface area contributed by atoms with Crippen molar-refractivity contribution in [1.82, 2.24) is 0 Å². The van der Waals surface area contributed by atoms with Crippen molar-refractivity contribution in [2.45, 2.75) is 122 Å². The summed E-state index contributed by atoms with van der Waals surface area (Å²) in [4.78, 5) is 0. The summed E-state index contributed by atoms with van der Waals surface area (Å²) < 4.78 is 33.1. The molecule has 2 unspecified atom stereocenters. The van der Waals surface area contributed by atoms with E-state index < -0.39 is 21.5 Å². The summed E-state index contributed by atoms with van der Waals surface area (Å²) in [5.41, 5.74) is 0. The molecule has 0 rings (SSSR count). The molecule has 0 aromatic rings. The quantitative estimate of drug-likeness (QED) is 0.236. The first kappa shape index (κ1) is 28.1. The van der Waals surface area contributed by atoms with Gasteiger partial charge in [-0.2, -0.15) is 0 Å². The fourth-order valence-electron chi connectivity index (χ4n) is 3.17. The SMILES string of the molecule is CCCCCCCCCCCCCCCCC(C(C)O)S(=O)(=O)[O-].[Na+]. The molecule has 0 heterocycles. The van der Waals surface area contributed by atoms with Gasteiger partial charge in [-0.1, -0.05) is 96.8 Å². The number of hydrogen-bond acceptors (Lipinski definition) is 4. The average Bonchev–Trinajstić information content (AvgIpc) is 2.49. The molecule has 0 saturated heterocycles. The van der Waals surface area contributed by atoms with Crippen LogP contribution in [0.5, 0.6) is 0 Å². The van der Waals surface area contributed by atoms with Gasteiger partial charge in [-0.25, -0.2) is 8.42 Å². The molecule has 0 bridgehead atoms. The van der Waals surface area contributed by atoms with Gasteiger partial charge in [0.05, 0.1) is 11.4 Å². The molecule has 0 aliphatic carbocycles. The predicted octanol–water partition coefficient (Wildman–Crippen LogP) is 2.16. The zero-order chi connectivity index (χ0) is 18.3. The zero-order valence-electron chi connectivity index (χ0n) is 16.8. The molecule has 146 valence electrons. The molecular weight excluding hydrogens is 347 g/mol.